The molecule has 8 heteroatoms. The molecule has 0 amide bonds. The Morgan fingerprint density at radius 2 is 2.40 bits per heavy atom. The first-order valence-corrected chi connectivity index (χ1v) is 5.84. The Morgan fingerprint density at radius 1 is 1.60 bits per heavy atom. The van der Waals surface area contributed by atoms with Crippen molar-refractivity contribution in [2.75, 3.05) is 17.6 Å². The van der Waals surface area contributed by atoms with Crippen LogP contribution in [-0.4, -0.2) is 33.4 Å². The largest absolute Gasteiger partial charge is 0.384 e. The number of hydrogen-bond acceptors (Lipinski definition) is 6. The van der Waals surface area contributed by atoms with E-state index >= 15 is 0 Å². The molecule has 0 bridgehead atoms. The summed E-state index contributed by atoms with van der Waals surface area (Å²) in [5.41, 5.74) is 6.20. The van der Waals surface area contributed by atoms with Crippen LogP contribution in [0.3, 0.4) is 0 Å². The fraction of sp³-hybridized carbons (Fsp3) is 0.167. The number of Topliss-reactive ketones (excluding diaryl/α,β-unsaturated/α-hetero) is 1. The van der Waals surface area contributed by atoms with Gasteiger partial charge in [-0.1, -0.05) is 0 Å². The van der Waals surface area contributed by atoms with Gasteiger partial charge in [-0.05, 0) is 0 Å². The number of halogens is 1. The summed E-state index contributed by atoms with van der Waals surface area (Å²) in [5.74, 6) is -1.54. The molecule has 0 aromatic carbocycles. The fourth-order valence-electron chi connectivity index (χ4n) is 2.29. The average Bonchev–Trinajstić information content (AvgIpc) is 3.06. The minimum absolute atomic E-state index is 0.127. The summed E-state index contributed by atoms with van der Waals surface area (Å²) < 4.78 is 15.3. The number of nitrogens with zero attached hydrogens (tertiary/aromatic N) is 3. The molecule has 102 valence electrons. The lowest BCUT2D eigenvalue weighted by atomic mass is 9.98. The van der Waals surface area contributed by atoms with E-state index in [1.807, 2.05) is 0 Å². The van der Waals surface area contributed by atoms with Crippen LogP contribution in [0, 0.1) is 5.82 Å². The number of aldehydes is 1. The summed E-state index contributed by atoms with van der Waals surface area (Å²) in [6, 6.07) is 1.57. The molecule has 1 aliphatic rings. The Labute approximate surface area is 112 Å². The van der Waals surface area contributed by atoms with Gasteiger partial charge in [0.15, 0.2) is 12.1 Å². The minimum Gasteiger partial charge on any atom is -0.384 e. The van der Waals surface area contributed by atoms with E-state index in [1.165, 1.54) is 10.9 Å². The number of aromatic nitrogens is 3. The van der Waals surface area contributed by atoms with Crippen LogP contribution in [-0.2, 0) is 9.59 Å². The summed E-state index contributed by atoms with van der Waals surface area (Å²) >= 11 is 0. The molecule has 1 unspecified atom stereocenters. The molecule has 0 fully saturated rings. The average molecular weight is 275 g/mol. The third-order valence-corrected chi connectivity index (χ3v) is 3.21. The number of nitrogens with one attached hydrogen (secondary N) is 1. The van der Waals surface area contributed by atoms with Crippen molar-refractivity contribution >= 4 is 23.6 Å². The number of rotatable bonds is 3. The van der Waals surface area contributed by atoms with Crippen LogP contribution < -0.4 is 11.1 Å². The predicted molar refractivity (Wildman–Crippen MR) is 68.0 cm³/mol. The summed E-state index contributed by atoms with van der Waals surface area (Å²) in [4.78, 5) is 26.1. The second-order valence-electron chi connectivity index (χ2n) is 4.34. The Bertz CT molecular complexity index is 712. The van der Waals surface area contributed by atoms with E-state index in [-0.39, 0.29) is 18.4 Å². The third-order valence-electron chi connectivity index (χ3n) is 3.21. The molecule has 0 spiro atoms. The van der Waals surface area contributed by atoms with Crippen molar-refractivity contribution in [1.29, 1.82) is 0 Å². The first-order valence-electron chi connectivity index (χ1n) is 5.84. The van der Waals surface area contributed by atoms with Gasteiger partial charge in [-0.15, -0.1) is 0 Å². The second-order valence-corrected chi connectivity index (χ2v) is 4.34. The standard InChI is InChI=1S/C12H10FN5O2/c13-7-4-16-12(18-9(14)1-2-17-18)11-10(7)6(3-15-11)8(20)5-19/h1-2,4-6,15H,3,14H2. The number of fused-ring (bicyclic) bond motifs is 1. The SMILES string of the molecule is Nc1ccnn1-c1ncc(F)c2c1NCC2C(=O)C=O. The van der Waals surface area contributed by atoms with Gasteiger partial charge in [0.2, 0.25) is 5.78 Å². The lowest BCUT2D eigenvalue weighted by Gasteiger charge is -2.10. The van der Waals surface area contributed by atoms with E-state index in [4.69, 9.17) is 5.73 Å². The number of carbonyl (C=O) groups is 2. The molecule has 0 aliphatic carbocycles. The highest BCUT2D eigenvalue weighted by Gasteiger charge is 2.34. The van der Waals surface area contributed by atoms with E-state index in [2.05, 4.69) is 15.4 Å². The van der Waals surface area contributed by atoms with Crippen LogP contribution in [0.15, 0.2) is 18.5 Å². The van der Waals surface area contributed by atoms with Crippen LogP contribution in [0.1, 0.15) is 11.5 Å². The van der Waals surface area contributed by atoms with E-state index in [9.17, 15) is 14.0 Å². The number of nitrogen functional groups attached to an aromatic ring is 1. The number of pyridine rings is 1. The quantitative estimate of drug-likeness (QED) is 0.615. The lowest BCUT2D eigenvalue weighted by Crippen LogP contribution is -2.16. The third kappa shape index (κ3) is 1.65. The normalized spacial score (nSPS) is 16.6. The Balaban J connectivity index is 2.19. The number of ketones is 1. The van der Waals surface area contributed by atoms with E-state index < -0.39 is 17.5 Å². The van der Waals surface area contributed by atoms with Crippen LogP contribution in [0.4, 0.5) is 15.9 Å². The van der Waals surface area contributed by atoms with Crippen molar-refractivity contribution < 1.29 is 14.0 Å². The van der Waals surface area contributed by atoms with E-state index in [0.29, 0.717) is 17.3 Å². The Hall–Kier alpha value is -2.77. The molecule has 20 heavy (non-hydrogen) atoms. The first-order chi connectivity index (χ1) is 9.63. The van der Waals surface area contributed by atoms with Crippen LogP contribution >= 0.6 is 0 Å². The van der Waals surface area contributed by atoms with E-state index in [1.54, 1.807) is 6.07 Å². The predicted octanol–water partition coefficient (Wildman–Crippen LogP) is 0.266. The van der Waals surface area contributed by atoms with Gasteiger partial charge in [0.05, 0.1) is 24.0 Å². The van der Waals surface area contributed by atoms with Crippen molar-refractivity contribution in [2.24, 2.45) is 0 Å². The maximum Gasteiger partial charge on any atom is 0.204 e. The van der Waals surface area contributed by atoms with Gasteiger partial charge in [0, 0.05) is 18.2 Å². The molecule has 0 radical (unpaired) electrons. The minimum atomic E-state index is -0.846. The van der Waals surface area contributed by atoms with Crippen LogP contribution in [0.2, 0.25) is 0 Å². The maximum atomic E-state index is 13.9. The number of carbonyl (C=O) groups excluding carboxylic acids is 2. The molecule has 2 aromatic heterocycles. The number of anilines is 2. The maximum absolute atomic E-state index is 13.9. The summed E-state index contributed by atoms with van der Waals surface area (Å²) in [5, 5.41) is 6.89. The highest BCUT2D eigenvalue weighted by Crippen LogP contribution is 2.37. The molecule has 1 atom stereocenters. The van der Waals surface area contributed by atoms with Crippen LogP contribution in [0.25, 0.3) is 5.82 Å². The van der Waals surface area contributed by atoms with Crippen molar-refractivity contribution in [3.8, 4) is 5.82 Å². The van der Waals surface area contributed by atoms with Crippen molar-refractivity contribution in [3.05, 3.63) is 29.8 Å². The van der Waals surface area contributed by atoms with Gasteiger partial charge in [-0.2, -0.15) is 9.78 Å². The van der Waals surface area contributed by atoms with Gasteiger partial charge in [0.1, 0.15) is 11.6 Å². The molecule has 3 N–H and O–H groups in total. The summed E-state index contributed by atoms with van der Waals surface area (Å²) in [6.45, 7) is 0.143. The second kappa shape index (κ2) is 4.41. The van der Waals surface area contributed by atoms with Crippen molar-refractivity contribution in [1.82, 2.24) is 14.8 Å². The molecule has 3 heterocycles. The molecule has 1 aliphatic heterocycles. The molecule has 0 saturated carbocycles. The summed E-state index contributed by atoms with van der Waals surface area (Å²) in [7, 11) is 0. The van der Waals surface area contributed by atoms with Crippen LogP contribution in [0.5, 0.6) is 0 Å². The first kappa shape index (κ1) is 12.3. The van der Waals surface area contributed by atoms with Gasteiger partial charge in [0.25, 0.3) is 0 Å². The highest BCUT2D eigenvalue weighted by molar-refractivity contribution is 6.28. The number of hydrogen-bond donors (Lipinski definition) is 2. The van der Waals surface area contributed by atoms with Gasteiger partial charge < -0.3 is 11.1 Å². The Morgan fingerprint density at radius 3 is 3.05 bits per heavy atom. The number of nitrogens with two attached hydrogens (primary N) is 1. The van der Waals surface area contributed by atoms with E-state index in [0.717, 1.165) is 6.20 Å². The zero-order chi connectivity index (χ0) is 14.3. The van der Waals surface area contributed by atoms with Crippen molar-refractivity contribution in [2.45, 2.75) is 5.92 Å². The Kier molecular flexibility index (Phi) is 2.70. The van der Waals surface area contributed by atoms with Gasteiger partial charge in [-0.25, -0.2) is 9.37 Å². The molecule has 3 rings (SSSR count). The molecule has 7 nitrogen and oxygen atoms in total. The smallest absolute Gasteiger partial charge is 0.204 e. The lowest BCUT2D eigenvalue weighted by molar-refractivity contribution is -0.130. The van der Waals surface area contributed by atoms with Gasteiger partial charge in [-0.3, -0.25) is 9.59 Å². The molecule has 2 aromatic rings. The monoisotopic (exact) mass is 275 g/mol. The highest BCUT2D eigenvalue weighted by atomic mass is 19.1. The molecule has 0 saturated heterocycles. The zero-order valence-electron chi connectivity index (χ0n) is 10.2. The fourth-order valence-corrected chi connectivity index (χ4v) is 2.29. The zero-order valence-corrected chi connectivity index (χ0v) is 10.2. The topological polar surface area (TPSA) is 103 Å². The van der Waals surface area contributed by atoms with Crippen molar-refractivity contribution in [3.63, 3.8) is 0 Å². The van der Waals surface area contributed by atoms with Gasteiger partial charge >= 0.3 is 0 Å². The molecular formula is C12H10FN5O2. The summed E-state index contributed by atoms with van der Waals surface area (Å²) in [6.07, 6.45) is 2.67. The molecular weight excluding hydrogens is 265 g/mol.